The number of hydrogen-bond acceptors (Lipinski definition) is 3. The van der Waals surface area contributed by atoms with Gasteiger partial charge in [0.1, 0.15) is 0 Å². The first-order chi connectivity index (χ1) is 13.0. The summed E-state index contributed by atoms with van der Waals surface area (Å²) in [6.45, 7) is 5.89. The number of pyridine rings is 1. The molecule has 6 heteroatoms. The van der Waals surface area contributed by atoms with Crippen LogP contribution in [0.3, 0.4) is 0 Å². The van der Waals surface area contributed by atoms with Crippen molar-refractivity contribution in [2.24, 2.45) is 5.41 Å². The smallest absolute Gasteiger partial charge is 0.289 e. The van der Waals surface area contributed by atoms with Gasteiger partial charge in [-0.1, -0.05) is 45.0 Å². The van der Waals surface area contributed by atoms with E-state index in [1.54, 1.807) is 24.3 Å². The molecule has 28 heavy (non-hydrogen) atoms. The number of nitrogens with zero attached hydrogens (tertiary/aromatic N) is 1. The molecule has 0 aliphatic heterocycles. The highest BCUT2D eigenvalue weighted by molar-refractivity contribution is 6.27. The molecule has 0 saturated carbocycles. The maximum absolute atomic E-state index is 13.1. The van der Waals surface area contributed by atoms with E-state index in [-0.39, 0.29) is 23.4 Å². The standard InChI is InChI=1S/C22H20F3NO2/c1-21(2,3)11-18-17(10-14-9-8-13(12-26-14)22(23,24)25)19(27)15-6-4-5-7-16(15)20(18)28/h4-9,12H,10-11H2,1-3H3. The molecule has 1 aromatic heterocycles. The molecule has 0 fully saturated rings. The molecule has 1 aromatic carbocycles. The van der Waals surface area contributed by atoms with E-state index >= 15 is 0 Å². The van der Waals surface area contributed by atoms with Crippen LogP contribution in [0, 0.1) is 5.41 Å². The molecule has 1 heterocycles. The maximum atomic E-state index is 13.1. The van der Waals surface area contributed by atoms with Gasteiger partial charge in [0.25, 0.3) is 0 Å². The van der Waals surface area contributed by atoms with E-state index in [2.05, 4.69) is 4.98 Å². The average molecular weight is 387 g/mol. The molecule has 0 bridgehead atoms. The van der Waals surface area contributed by atoms with E-state index in [4.69, 9.17) is 0 Å². The Kier molecular flexibility index (Phi) is 5.00. The Morgan fingerprint density at radius 2 is 1.43 bits per heavy atom. The number of rotatable bonds is 3. The Bertz CT molecular complexity index is 965. The van der Waals surface area contributed by atoms with Crippen LogP contribution in [0.4, 0.5) is 13.2 Å². The number of fused-ring (bicyclic) bond motifs is 1. The zero-order valence-electron chi connectivity index (χ0n) is 15.9. The van der Waals surface area contributed by atoms with Gasteiger partial charge in [-0.15, -0.1) is 0 Å². The summed E-state index contributed by atoms with van der Waals surface area (Å²) in [5, 5.41) is 0. The van der Waals surface area contributed by atoms with Gasteiger partial charge in [0.2, 0.25) is 0 Å². The van der Waals surface area contributed by atoms with Gasteiger partial charge in [0.05, 0.1) is 5.56 Å². The van der Waals surface area contributed by atoms with Crippen molar-refractivity contribution in [1.29, 1.82) is 0 Å². The molecular weight excluding hydrogens is 367 g/mol. The molecule has 1 aliphatic carbocycles. The molecule has 0 spiro atoms. The first-order valence-corrected chi connectivity index (χ1v) is 8.90. The van der Waals surface area contributed by atoms with Gasteiger partial charge in [0.15, 0.2) is 11.6 Å². The van der Waals surface area contributed by atoms with Crippen LogP contribution in [-0.2, 0) is 12.6 Å². The second-order valence-electron chi connectivity index (χ2n) is 8.11. The molecule has 0 amide bonds. The third-order valence-electron chi connectivity index (χ3n) is 4.55. The number of halogens is 3. The number of Topliss-reactive ketones (excluding diaryl/α,β-unsaturated/α-hetero) is 2. The number of alkyl halides is 3. The van der Waals surface area contributed by atoms with Gasteiger partial charge in [-0.25, -0.2) is 0 Å². The lowest BCUT2D eigenvalue weighted by Crippen LogP contribution is -2.26. The lowest BCUT2D eigenvalue weighted by atomic mass is 9.76. The summed E-state index contributed by atoms with van der Waals surface area (Å²) in [5.74, 6) is -0.469. The summed E-state index contributed by atoms with van der Waals surface area (Å²) in [5.41, 5.74) is 0.648. The minimum Gasteiger partial charge on any atom is -0.289 e. The molecule has 0 saturated heterocycles. The van der Waals surface area contributed by atoms with Gasteiger partial charge in [-0.2, -0.15) is 13.2 Å². The number of aromatic nitrogens is 1. The fraction of sp³-hybridized carbons (Fsp3) is 0.318. The van der Waals surface area contributed by atoms with Crippen molar-refractivity contribution in [3.8, 4) is 0 Å². The first-order valence-electron chi connectivity index (χ1n) is 8.90. The molecule has 0 N–H and O–H groups in total. The van der Waals surface area contributed by atoms with Crippen molar-refractivity contribution in [3.05, 3.63) is 76.1 Å². The Labute approximate surface area is 161 Å². The summed E-state index contributed by atoms with van der Waals surface area (Å²) in [4.78, 5) is 30.0. The molecule has 0 atom stereocenters. The molecular formula is C22H20F3NO2. The van der Waals surface area contributed by atoms with Crippen molar-refractivity contribution in [2.75, 3.05) is 0 Å². The summed E-state index contributed by atoms with van der Waals surface area (Å²) in [6.07, 6.45) is -3.31. The van der Waals surface area contributed by atoms with Gasteiger partial charge >= 0.3 is 6.18 Å². The zero-order valence-corrected chi connectivity index (χ0v) is 15.9. The highest BCUT2D eigenvalue weighted by atomic mass is 19.4. The lowest BCUT2D eigenvalue weighted by Gasteiger charge is -2.26. The summed E-state index contributed by atoms with van der Waals surface area (Å²) < 4.78 is 38.3. The van der Waals surface area contributed by atoms with Crippen molar-refractivity contribution >= 4 is 11.6 Å². The number of hydrogen-bond donors (Lipinski definition) is 0. The highest BCUT2D eigenvalue weighted by Gasteiger charge is 2.34. The van der Waals surface area contributed by atoms with Crippen molar-refractivity contribution in [2.45, 2.75) is 39.8 Å². The molecule has 1 aliphatic rings. The second-order valence-corrected chi connectivity index (χ2v) is 8.11. The molecule has 3 rings (SSSR count). The van der Waals surface area contributed by atoms with Gasteiger partial charge in [0, 0.05) is 40.6 Å². The lowest BCUT2D eigenvalue weighted by molar-refractivity contribution is -0.137. The van der Waals surface area contributed by atoms with Crippen LogP contribution < -0.4 is 0 Å². The van der Waals surface area contributed by atoms with Crippen LogP contribution in [0.5, 0.6) is 0 Å². The SMILES string of the molecule is CC(C)(C)CC1=C(Cc2ccc(C(F)(F)F)cn2)C(=O)c2ccccc2C1=O. The van der Waals surface area contributed by atoms with Crippen LogP contribution >= 0.6 is 0 Å². The third kappa shape index (κ3) is 4.06. The maximum Gasteiger partial charge on any atom is 0.417 e. The van der Waals surface area contributed by atoms with E-state index < -0.39 is 11.7 Å². The van der Waals surface area contributed by atoms with Crippen LogP contribution in [0.2, 0.25) is 0 Å². The number of benzene rings is 1. The monoisotopic (exact) mass is 387 g/mol. The summed E-state index contributed by atoms with van der Waals surface area (Å²) in [7, 11) is 0. The van der Waals surface area contributed by atoms with E-state index in [9.17, 15) is 22.8 Å². The average Bonchev–Trinajstić information content (AvgIpc) is 2.61. The van der Waals surface area contributed by atoms with Crippen molar-refractivity contribution in [3.63, 3.8) is 0 Å². The van der Waals surface area contributed by atoms with Gasteiger partial charge in [-0.05, 0) is 24.0 Å². The second kappa shape index (κ2) is 7.00. The Hall–Kier alpha value is -2.76. The minimum absolute atomic E-state index is 0.0163. The molecule has 146 valence electrons. The molecule has 3 nitrogen and oxygen atoms in total. The topological polar surface area (TPSA) is 47.0 Å². The quantitative estimate of drug-likeness (QED) is 0.703. The fourth-order valence-electron chi connectivity index (χ4n) is 3.26. The van der Waals surface area contributed by atoms with Gasteiger partial charge in [-0.3, -0.25) is 14.6 Å². The van der Waals surface area contributed by atoms with E-state index in [1.807, 2.05) is 20.8 Å². The van der Waals surface area contributed by atoms with Crippen molar-refractivity contribution in [1.82, 2.24) is 4.98 Å². The van der Waals surface area contributed by atoms with Crippen molar-refractivity contribution < 1.29 is 22.8 Å². The van der Waals surface area contributed by atoms with Crippen LogP contribution in [0.25, 0.3) is 0 Å². The van der Waals surface area contributed by atoms with Crippen LogP contribution in [0.15, 0.2) is 53.7 Å². The fourth-order valence-corrected chi connectivity index (χ4v) is 3.26. The number of carbonyl (C=O) groups is 2. The Morgan fingerprint density at radius 1 is 0.857 bits per heavy atom. The number of allylic oxidation sites excluding steroid dienone is 2. The zero-order chi connectivity index (χ0) is 20.7. The highest BCUT2D eigenvalue weighted by Crippen LogP contribution is 2.35. The molecule has 0 radical (unpaired) electrons. The van der Waals surface area contributed by atoms with Crippen LogP contribution in [0.1, 0.15) is 59.2 Å². The predicted molar refractivity (Wildman–Crippen MR) is 99.1 cm³/mol. The largest absolute Gasteiger partial charge is 0.417 e. The number of carbonyl (C=O) groups excluding carboxylic acids is 2. The van der Waals surface area contributed by atoms with E-state index in [0.29, 0.717) is 34.4 Å². The minimum atomic E-state index is -4.47. The van der Waals surface area contributed by atoms with E-state index in [1.165, 1.54) is 6.07 Å². The van der Waals surface area contributed by atoms with Gasteiger partial charge < -0.3 is 0 Å². The third-order valence-corrected chi connectivity index (χ3v) is 4.55. The number of ketones is 2. The summed E-state index contributed by atoms with van der Waals surface area (Å²) >= 11 is 0. The predicted octanol–water partition coefficient (Wildman–Crippen LogP) is 5.45. The Morgan fingerprint density at radius 3 is 1.89 bits per heavy atom. The molecule has 2 aromatic rings. The normalized spacial score (nSPS) is 15.1. The van der Waals surface area contributed by atoms with E-state index in [0.717, 1.165) is 12.3 Å². The molecule has 0 unspecified atom stereocenters. The summed E-state index contributed by atoms with van der Waals surface area (Å²) in [6, 6.07) is 8.82. The Balaban J connectivity index is 2.04. The van der Waals surface area contributed by atoms with Crippen LogP contribution in [-0.4, -0.2) is 16.6 Å². The first kappa shape index (κ1) is 20.0.